The molecule has 2 aromatic heterocycles. The van der Waals surface area contributed by atoms with E-state index < -0.39 is 15.6 Å². The van der Waals surface area contributed by atoms with Gasteiger partial charge in [-0.05, 0) is 26.0 Å². The molecule has 3 heterocycles. The van der Waals surface area contributed by atoms with E-state index in [2.05, 4.69) is 14.9 Å². The number of nitrogens with zero attached hydrogens (tertiary/aromatic N) is 3. The van der Waals surface area contributed by atoms with Gasteiger partial charge in [0.1, 0.15) is 10.5 Å². The van der Waals surface area contributed by atoms with Crippen LogP contribution in [0.25, 0.3) is 11.0 Å². The Morgan fingerprint density at radius 2 is 2.08 bits per heavy atom. The third kappa shape index (κ3) is 3.19. The summed E-state index contributed by atoms with van der Waals surface area (Å²) < 4.78 is 33.1. The number of H-pyrrole nitrogens is 1. The molecule has 1 saturated heterocycles. The number of rotatable bonds is 5. The highest BCUT2D eigenvalue weighted by Crippen LogP contribution is 2.28. The topological polar surface area (TPSA) is 78.5 Å². The summed E-state index contributed by atoms with van der Waals surface area (Å²) in [4.78, 5) is 9.62. The van der Waals surface area contributed by atoms with Crippen LogP contribution in [0.2, 0.25) is 0 Å². The largest absolute Gasteiger partial charge is 0.379 e. The minimum absolute atomic E-state index is 0.267. The molecule has 2 aromatic rings. The van der Waals surface area contributed by atoms with Crippen LogP contribution in [0.1, 0.15) is 13.8 Å². The first-order valence-corrected chi connectivity index (χ1v) is 9.48. The van der Waals surface area contributed by atoms with E-state index in [4.69, 9.17) is 4.74 Å². The Hall–Kier alpha value is -1.48. The number of aromatic amines is 1. The average molecular weight is 352 g/mol. The summed E-state index contributed by atoms with van der Waals surface area (Å²) in [7, 11) is -1.98. The summed E-state index contributed by atoms with van der Waals surface area (Å²) in [5, 5.41) is 0.617. The van der Waals surface area contributed by atoms with Crippen molar-refractivity contribution >= 4 is 21.1 Å². The number of likely N-dealkylation sites (N-methyl/N-ethyl adjacent to an activating group) is 1. The van der Waals surface area contributed by atoms with Crippen molar-refractivity contribution in [3.8, 4) is 0 Å². The smallest absolute Gasteiger partial charge is 0.245 e. The molecule has 1 fully saturated rings. The molecule has 24 heavy (non-hydrogen) atoms. The maximum atomic E-state index is 13.1. The number of hydrogen-bond donors (Lipinski definition) is 1. The second-order valence-electron chi connectivity index (χ2n) is 6.73. The molecule has 0 radical (unpaired) electrons. The van der Waals surface area contributed by atoms with E-state index in [9.17, 15) is 8.42 Å². The molecule has 8 heteroatoms. The minimum Gasteiger partial charge on any atom is -0.379 e. The minimum atomic E-state index is -3.63. The van der Waals surface area contributed by atoms with Crippen LogP contribution in [0.3, 0.4) is 0 Å². The zero-order chi connectivity index (χ0) is 17.4. The van der Waals surface area contributed by atoms with Crippen molar-refractivity contribution in [1.29, 1.82) is 0 Å². The Balaban J connectivity index is 1.87. The molecular formula is C16H24N4O3S. The van der Waals surface area contributed by atoms with Gasteiger partial charge in [-0.3, -0.25) is 4.90 Å². The zero-order valence-corrected chi connectivity index (χ0v) is 15.1. The zero-order valence-electron chi connectivity index (χ0n) is 14.3. The molecule has 0 saturated carbocycles. The number of hydrogen-bond acceptors (Lipinski definition) is 5. The van der Waals surface area contributed by atoms with Crippen molar-refractivity contribution in [2.45, 2.75) is 24.3 Å². The van der Waals surface area contributed by atoms with Crippen LogP contribution < -0.4 is 0 Å². The van der Waals surface area contributed by atoms with Gasteiger partial charge in [0.05, 0.1) is 13.2 Å². The van der Waals surface area contributed by atoms with Gasteiger partial charge in [-0.2, -0.15) is 4.31 Å². The lowest BCUT2D eigenvalue weighted by molar-refractivity contribution is 0.0205. The van der Waals surface area contributed by atoms with Crippen molar-refractivity contribution in [2.24, 2.45) is 0 Å². The molecule has 0 aliphatic carbocycles. The second-order valence-corrected chi connectivity index (χ2v) is 8.66. The molecule has 0 atom stereocenters. The first-order valence-electron chi connectivity index (χ1n) is 8.03. The quantitative estimate of drug-likeness (QED) is 0.877. The standard InChI is InChI=1S/C16H24N4O3S/c1-16(2,12-20-7-9-23-10-8-20)19(3)24(21,22)14-11-18-15-13(14)5-4-6-17-15/h4-6,11H,7-10,12H2,1-3H3,(H,17,18). The lowest BCUT2D eigenvalue weighted by Crippen LogP contribution is -2.54. The summed E-state index contributed by atoms with van der Waals surface area (Å²) >= 11 is 0. The number of sulfonamides is 1. The summed E-state index contributed by atoms with van der Waals surface area (Å²) in [5.41, 5.74) is 0.0394. The molecular weight excluding hydrogens is 328 g/mol. The summed E-state index contributed by atoms with van der Waals surface area (Å²) in [5.74, 6) is 0. The molecule has 0 unspecified atom stereocenters. The Bertz CT molecular complexity index is 810. The number of pyridine rings is 1. The highest BCUT2D eigenvalue weighted by molar-refractivity contribution is 7.89. The number of ether oxygens (including phenoxy) is 1. The Kier molecular flexibility index (Phi) is 4.65. The maximum absolute atomic E-state index is 13.1. The SMILES string of the molecule is CN(C(C)(C)CN1CCOCC1)S(=O)(=O)c1c[nH]c2ncccc12. The van der Waals surface area contributed by atoms with Crippen LogP contribution >= 0.6 is 0 Å². The highest BCUT2D eigenvalue weighted by atomic mass is 32.2. The van der Waals surface area contributed by atoms with Crippen LogP contribution in [0.5, 0.6) is 0 Å². The Morgan fingerprint density at radius 3 is 2.79 bits per heavy atom. The highest BCUT2D eigenvalue weighted by Gasteiger charge is 2.37. The predicted octanol–water partition coefficient (Wildman–Crippen LogP) is 1.29. The van der Waals surface area contributed by atoms with Gasteiger partial charge in [0, 0.05) is 50.0 Å². The number of aromatic nitrogens is 2. The first kappa shape index (κ1) is 17.3. The molecule has 3 rings (SSSR count). The van der Waals surface area contributed by atoms with Gasteiger partial charge in [0.25, 0.3) is 0 Å². The molecule has 0 amide bonds. The normalized spacial score (nSPS) is 17.7. The van der Waals surface area contributed by atoms with Crippen molar-refractivity contribution < 1.29 is 13.2 Å². The first-order chi connectivity index (χ1) is 11.3. The maximum Gasteiger partial charge on any atom is 0.245 e. The molecule has 0 spiro atoms. The van der Waals surface area contributed by atoms with Gasteiger partial charge in [0.2, 0.25) is 10.0 Å². The lowest BCUT2D eigenvalue weighted by atomic mass is 10.1. The van der Waals surface area contributed by atoms with E-state index in [1.54, 1.807) is 25.4 Å². The number of nitrogens with one attached hydrogen (secondary N) is 1. The van der Waals surface area contributed by atoms with Crippen LogP contribution in [0.4, 0.5) is 0 Å². The molecule has 1 N–H and O–H groups in total. The van der Waals surface area contributed by atoms with Crippen LogP contribution in [-0.2, 0) is 14.8 Å². The third-order valence-corrected chi connectivity index (χ3v) is 6.73. The van der Waals surface area contributed by atoms with Gasteiger partial charge in [0.15, 0.2) is 0 Å². The van der Waals surface area contributed by atoms with E-state index in [0.29, 0.717) is 30.8 Å². The van der Waals surface area contributed by atoms with E-state index in [1.165, 1.54) is 10.5 Å². The van der Waals surface area contributed by atoms with Gasteiger partial charge in [-0.25, -0.2) is 13.4 Å². The predicted molar refractivity (Wildman–Crippen MR) is 92.4 cm³/mol. The van der Waals surface area contributed by atoms with Crippen molar-refractivity contribution in [3.63, 3.8) is 0 Å². The summed E-state index contributed by atoms with van der Waals surface area (Å²) in [6.07, 6.45) is 3.16. The van der Waals surface area contributed by atoms with Gasteiger partial charge in [-0.1, -0.05) is 0 Å². The molecule has 0 aromatic carbocycles. The molecule has 0 bridgehead atoms. The van der Waals surface area contributed by atoms with E-state index >= 15 is 0 Å². The third-order valence-electron chi connectivity index (χ3n) is 4.62. The van der Waals surface area contributed by atoms with Crippen LogP contribution in [-0.4, -0.2) is 73.0 Å². The summed E-state index contributed by atoms with van der Waals surface area (Å²) in [6.45, 7) is 7.61. The fourth-order valence-electron chi connectivity index (χ4n) is 3.02. The van der Waals surface area contributed by atoms with E-state index in [0.717, 1.165) is 13.1 Å². The van der Waals surface area contributed by atoms with E-state index in [1.807, 2.05) is 13.8 Å². The molecule has 1 aliphatic heterocycles. The van der Waals surface area contributed by atoms with Gasteiger partial charge in [-0.15, -0.1) is 0 Å². The van der Waals surface area contributed by atoms with Gasteiger partial charge >= 0.3 is 0 Å². The van der Waals surface area contributed by atoms with Crippen LogP contribution in [0.15, 0.2) is 29.4 Å². The lowest BCUT2D eigenvalue weighted by Gasteiger charge is -2.39. The Morgan fingerprint density at radius 1 is 1.38 bits per heavy atom. The second kappa shape index (κ2) is 6.44. The van der Waals surface area contributed by atoms with Gasteiger partial charge < -0.3 is 9.72 Å². The number of fused-ring (bicyclic) bond motifs is 1. The van der Waals surface area contributed by atoms with E-state index in [-0.39, 0.29) is 4.90 Å². The average Bonchev–Trinajstić information content (AvgIpc) is 2.99. The monoisotopic (exact) mass is 352 g/mol. The van der Waals surface area contributed by atoms with Crippen molar-refractivity contribution in [2.75, 3.05) is 39.9 Å². The van der Waals surface area contributed by atoms with Crippen molar-refractivity contribution in [3.05, 3.63) is 24.5 Å². The van der Waals surface area contributed by atoms with Crippen molar-refractivity contribution in [1.82, 2.24) is 19.2 Å². The fraction of sp³-hybridized carbons (Fsp3) is 0.562. The summed E-state index contributed by atoms with van der Waals surface area (Å²) in [6, 6.07) is 3.52. The molecule has 1 aliphatic rings. The van der Waals surface area contributed by atoms with Crippen LogP contribution in [0, 0.1) is 0 Å². The number of morpholine rings is 1. The Labute approximate surface area is 142 Å². The molecule has 132 valence electrons. The fourth-order valence-corrected chi connectivity index (χ4v) is 4.68. The molecule has 7 nitrogen and oxygen atoms in total.